The number of aromatic nitrogens is 4. The summed E-state index contributed by atoms with van der Waals surface area (Å²) in [5, 5.41) is 4.19. The zero-order valence-electron chi connectivity index (χ0n) is 11.3. The summed E-state index contributed by atoms with van der Waals surface area (Å²) in [7, 11) is 1.78. The molecule has 102 valence electrons. The molecule has 0 aliphatic heterocycles. The number of nitrogens with zero attached hydrogens (tertiary/aromatic N) is 4. The highest BCUT2D eigenvalue weighted by Crippen LogP contribution is 2.02. The van der Waals surface area contributed by atoms with E-state index in [-0.39, 0.29) is 17.9 Å². The number of rotatable bonds is 3. The molecule has 0 aromatic carbocycles. The van der Waals surface area contributed by atoms with Gasteiger partial charge in [0.1, 0.15) is 5.69 Å². The van der Waals surface area contributed by atoms with Crippen LogP contribution in [0.5, 0.6) is 0 Å². The zero-order valence-corrected chi connectivity index (χ0v) is 11.3. The topological polar surface area (TPSA) is 87.8 Å². The van der Waals surface area contributed by atoms with Gasteiger partial charge in [-0.1, -0.05) is 0 Å². The highest BCUT2D eigenvalue weighted by molar-refractivity contribution is 5.31. The third kappa shape index (κ3) is 2.31. The van der Waals surface area contributed by atoms with Crippen LogP contribution in [0, 0.1) is 6.92 Å². The molecule has 0 fully saturated rings. The van der Waals surface area contributed by atoms with Crippen LogP contribution in [0.3, 0.4) is 0 Å². The Labute approximate surface area is 109 Å². The van der Waals surface area contributed by atoms with Gasteiger partial charge < -0.3 is 5.73 Å². The number of nitrogens with two attached hydrogens (primary N) is 1. The van der Waals surface area contributed by atoms with Crippen LogP contribution in [-0.4, -0.2) is 18.9 Å². The minimum atomic E-state index is -0.464. The van der Waals surface area contributed by atoms with Gasteiger partial charge in [0.05, 0.1) is 17.9 Å². The molecule has 0 aliphatic carbocycles. The third-order valence-electron chi connectivity index (χ3n) is 3.02. The Bertz CT molecular complexity index is 723. The van der Waals surface area contributed by atoms with Gasteiger partial charge in [-0.25, -0.2) is 4.79 Å². The maximum atomic E-state index is 12.1. The van der Waals surface area contributed by atoms with Gasteiger partial charge in [0.25, 0.3) is 5.56 Å². The Balaban J connectivity index is 2.57. The quantitative estimate of drug-likeness (QED) is 0.823. The first kappa shape index (κ1) is 13.1. The first-order valence-electron chi connectivity index (χ1n) is 6.03. The minimum absolute atomic E-state index is 0.0698. The molecule has 2 aromatic heterocycles. The van der Waals surface area contributed by atoms with Crippen molar-refractivity contribution in [1.29, 1.82) is 0 Å². The number of hydrogen-bond acceptors (Lipinski definition) is 4. The summed E-state index contributed by atoms with van der Waals surface area (Å²) in [4.78, 5) is 24.1. The van der Waals surface area contributed by atoms with Crippen LogP contribution in [0.2, 0.25) is 0 Å². The SMILES string of the molecule is CCn1cc(N)c(=O)n(Cc2cc(C)nn2C)c1=O. The van der Waals surface area contributed by atoms with Gasteiger partial charge in [-0.2, -0.15) is 5.10 Å². The highest BCUT2D eigenvalue weighted by atomic mass is 16.2. The lowest BCUT2D eigenvalue weighted by Crippen LogP contribution is -2.41. The lowest BCUT2D eigenvalue weighted by Gasteiger charge is -2.10. The maximum Gasteiger partial charge on any atom is 0.331 e. The van der Waals surface area contributed by atoms with Gasteiger partial charge in [-0.15, -0.1) is 0 Å². The molecule has 0 radical (unpaired) electrons. The largest absolute Gasteiger partial charge is 0.393 e. The lowest BCUT2D eigenvalue weighted by molar-refractivity contribution is 0.578. The average molecular weight is 263 g/mol. The molecule has 0 unspecified atom stereocenters. The fraction of sp³-hybridized carbons (Fsp3) is 0.417. The molecule has 2 rings (SSSR count). The van der Waals surface area contributed by atoms with E-state index in [9.17, 15) is 9.59 Å². The maximum absolute atomic E-state index is 12.1. The fourth-order valence-corrected chi connectivity index (χ4v) is 2.02. The van der Waals surface area contributed by atoms with Gasteiger partial charge in [0, 0.05) is 19.8 Å². The minimum Gasteiger partial charge on any atom is -0.393 e. The summed E-state index contributed by atoms with van der Waals surface area (Å²) < 4.78 is 4.20. The zero-order chi connectivity index (χ0) is 14.2. The van der Waals surface area contributed by atoms with Crippen molar-refractivity contribution in [3.8, 4) is 0 Å². The lowest BCUT2D eigenvalue weighted by atomic mass is 10.3. The molecule has 7 nitrogen and oxygen atoms in total. The molecule has 2 aromatic rings. The van der Waals surface area contributed by atoms with Crippen molar-refractivity contribution in [2.24, 2.45) is 7.05 Å². The van der Waals surface area contributed by atoms with Gasteiger partial charge in [0.2, 0.25) is 0 Å². The van der Waals surface area contributed by atoms with Crippen molar-refractivity contribution < 1.29 is 0 Å². The van der Waals surface area contributed by atoms with E-state index >= 15 is 0 Å². The Morgan fingerprint density at radius 3 is 2.58 bits per heavy atom. The second-order valence-corrected chi connectivity index (χ2v) is 4.44. The molecule has 0 aliphatic rings. The summed E-state index contributed by atoms with van der Waals surface area (Å²) in [6, 6.07) is 1.84. The summed E-state index contributed by atoms with van der Waals surface area (Å²) in [5.74, 6) is 0. The predicted octanol–water partition coefficient (Wildman–Crippen LogP) is -0.298. The highest BCUT2D eigenvalue weighted by Gasteiger charge is 2.11. The van der Waals surface area contributed by atoms with Crippen LogP contribution in [0.15, 0.2) is 21.9 Å². The molecule has 0 amide bonds. The molecule has 2 heterocycles. The molecule has 2 N–H and O–H groups in total. The number of nitrogen functional groups attached to an aromatic ring is 1. The molecule has 0 saturated heterocycles. The van der Waals surface area contributed by atoms with E-state index in [1.165, 1.54) is 10.8 Å². The first-order chi connectivity index (χ1) is 8.93. The van der Waals surface area contributed by atoms with Crippen molar-refractivity contribution in [1.82, 2.24) is 18.9 Å². The van der Waals surface area contributed by atoms with Crippen molar-refractivity contribution in [3.05, 3.63) is 44.5 Å². The average Bonchev–Trinajstić information content (AvgIpc) is 2.68. The number of hydrogen-bond donors (Lipinski definition) is 1. The summed E-state index contributed by atoms with van der Waals surface area (Å²) in [6.45, 7) is 4.31. The summed E-state index contributed by atoms with van der Waals surface area (Å²) >= 11 is 0. The second kappa shape index (κ2) is 4.75. The Morgan fingerprint density at radius 1 is 1.37 bits per heavy atom. The van der Waals surface area contributed by atoms with Crippen LogP contribution in [0.25, 0.3) is 0 Å². The molecule has 0 bridgehead atoms. The van der Waals surface area contributed by atoms with Crippen molar-refractivity contribution >= 4 is 5.69 Å². The van der Waals surface area contributed by atoms with Crippen molar-refractivity contribution in [2.75, 3.05) is 5.73 Å². The van der Waals surface area contributed by atoms with E-state index in [0.717, 1.165) is 16.0 Å². The van der Waals surface area contributed by atoms with E-state index < -0.39 is 5.56 Å². The standard InChI is InChI=1S/C12H17N5O2/c1-4-16-7-10(13)11(18)17(12(16)19)6-9-5-8(2)14-15(9)3/h5,7H,4,6,13H2,1-3H3. The molecule has 7 heteroatoms. The molecule has 0 atom stereocenters. The summed E-state index contributed by atoms with van der Waals surface area (Å²) in [5.41, 5.74) is 6.51. The van der Waals surface area contributed by atoms with Gasteiger partial charge in [-0.05, 0) is 19.9 Å². The molecule has 0 spiro atoms. The Morgan fingerprint density at radius 2 is 2.05 bits per heavy atom. The van der Waals surface area contributed by atoms with E-state index in [1.807, 2.05) is 19.9 Å². The normalized spacial score (nSPS) is 10.9. The van der Waals surface area contributed by atoms with Gasteiger partial charge in [0.15, 0.2) is 0 Å². The van der Waals surface area contributed by atoms with E-state index in [2.05, 4.69) is 5.10 Å². The predicted molar refractivity (Wildman–Crippen MR) is 72.1 cm³/mol. The molecular formula is C12H17N5O2. The fourth-order valence-electron chi connectivity index (χ4n) is 2.02. The monoisotopic (exact) mass is 263 g/mol. The van der Waals surface area contributed by atoms with E-state index in [1.54, 1.807) is 11.7 Å². The number of anilines is 1. The van der Waals surface area contributed by atoms with Crippen LogP contribution >= 0.6 is 0 Å². The van der Waals surface area contributed by atoms with Crippen LogP contribution in [0.1, 0.15) is 18.3 Å². The van der Waals surface area contributed by atoms with Gasteiger partial charge in [-0.3, -0.25) is 18.6 Å². The molecular weight excluding hydrogens is 246 g/mol. The van der Waals surface area contributed by atoms with Crippen molar-refractivity contribution in [3.63, 3.8) is 0 Å². The number of aryl methyl sites for hydroxylation is 3. The summed E-state index contributed by atoms with van der Waals surface area (Å²) in [6.07, 6.45) is 1.38. The van der Waals surface area contributed by atoms with Crippen LogP contribution < -0.4 is 17.0 Å². The van der Waals surface area contributed by atoms with Crippen molar-refractivity contribution in [2.45, 2.75) is 26.9 Å². The van der Waals surface area contributed by atoms with E-state index in [4.69, 9.17) is 5.73 Å². The Hall–Kier alpha value is -2.31. The molecule has 19 heavy (non-hydrogen) atoms. The smallest absolute Gasteiger partial charge is 0.331 e. The van der Waals surface area contributed by atoms with E-state index in [0.29, 0.717) is 6.54 Å². The second-order valence-electron chi connectivity index (χ2n) is 4.44. The van der Waals surface area contributed by atoms with Gasteiger partial charge >= 0.3 is 5.69 Å². The third-order valence-corrected chi connectivity index (χ3v) is 3.02. The van der Waals surface area contributed by atoms with Crippen LogP contribution in [0.4, 0.5) is 5.69 Å². The first-order valence-corrected chi connectivity index (χ1v) is 6.03. The Kier molecular flexibility index (Phi) is 3.28. The van der Waals surface area contributed by atoms with Crippen LogP contribution in [-0.2, 0) is 20.1 Å². The molecule has 0 saturated carbocycles.